The SMILES string of the molecule is CCCSc1nc(N2CCCCC2)c2cnn(CCNC(=O)c3c(OCC)ccc4ccccc34)c2n1. The number of aromatic nitrogens is 4. The normalized spacial score (nSPS) is 13.8. The number of nitrogens with one attached hydrogen (secondary N) is 1. The number of ether oxygens (including phenoxy) is 1. The van der Waals surface area contributed by atoms with Crippen molar-refractivity contribution in [1.82, 2.24) is 25.1 Å². The van der Waals surface area contributed by atoms with Gasteiger partial charge in [-0.3, -0.25) is 4.79 Å². The fraction of sp³-hybridized carbons (Fsp3) is 0.429. The number of piperidine rings is 1. The van der Waals surface area contributed by atoms with E-state index in [4.69, 9.17) is 14.7 Å². The van der Waals surface area contributed by atoms with Crippen molar-refractivity contribution >= 4 is 45.3 Å². The second-order valence-corrected chi connectivity index (χ2v) is 10.2. The molecule has 1 fully saturated rings. The van der Waals surface area contributed by atoms with Crippen molar-refractivity contribution in [3.05, 3.63) is 48.2 Å². The van der Waals surface area contributed by atoms with E-state index in [0.29, 0.717) is 31.0 Å². The number of nitrogens with zero attached hydrogens (tertiary/aromatic N) is 5. The zero-order valence-electron chi connectivity index (χ0n) is 21.6. The number of benzene rings is 2. The number of hydrogen-bond acceptors (Lipinski definition) is 7. The highest BCUT2D eigenvalue weighted by molar-refractivity contribution is 7.99. The molecule has 0 atom stereocenters. The van der Waals surface area contributed by atoms with E-state index >= 15 is 0 Å². The van der Waals surface area contributed by atoms with Crippen molar-refractivity contribution in [3.63, 3.8) is 0 Å². The molecule has 4 aromatic rings. The van der Waals surface area contributed by atoms with Crippen LogP contribution >= 0.6 is 11.8 Å². The molecule has 2 aromatic heterocycles. The van der Waals surface area contributed by atoms with Gasteiger partial charge < -0.3 is 15.0 Å². The van der Waals surface area contributed by atoms with Crippen LogP contribution in [0.25, 0.3) is 21.8 Å². The number of thioether (sulfide) groups is 1. The van der Waals surface area contributed by atoms with Crippen LogP contribution in [-0.2, 0) is 6.54 Å². The third-order valence-corrected chi connectivity index (χ3v) is 7.63. The van der Waals surface area contributed by atoms with Crippen LogP contribution in [-0.4, -0.2) is 57.6 Å². The van der Waals surface area contributed by atoms with Gasteiger partial charge in [0.25, 0.3) is 5.91 Å². The van der Waals surface area contributed by atoms with Gasteiger partial charge in [0.1, 0.15) is 11.6 Å². The van der Waals surface area contributed by atoms with Gasteiger partial charge in [-0.25, -0.2) is 14.6 Å². The minimum Gasteiger partial charge on any atom is -0.493 e. The molecule has 0 unspecified atom stereocenters. The first-order valence-corrected chi connectivity index (χ1v) is 14.2. The van der Waals surface area contributed by atoms with E-state index < -0.39 is 0 Å². The van der Waals surface area contributed by atoms with Crippen LogP contribution in [0, 0.1) is 0 Å². The van der Waals surface area contributed by atoms with Gasteiger partial charge >= 0.3 is 0 Å². The van der Waals surface area contributed by atoms with Crippen molar-refractivity contribution < 1.29 is 9.53 Å². The maximum atomic E-state index is 13.3. The van der Waals surface area contributed by atoms with Crippen molar-refractivity contribution in [2.45, 2.75) is 51.2 Å². The van der Waals surface area contributed by atoms with E-state index in [1.165, 1.54) is 19.3 Å². The Labute approximate surface area is 221 Å². The van der Waals surface area contributed by atoms with Gasteiger partial charge in [0, 0.05) is 25.4 Å². The summed E-state index contributed by atoms with van der Waals surface area (Å²) in [5.41, 5.74) is 1.39. The molecule has 1 amide bonds. The summed E-state index contributed by atoms with van der Waals surface area (Å²) in [6, 6.07) is 11.7. The highest BCUT2D eigenvalue weighted by Gasteiger charge is 2.21. The zero-order chi connectivity index (χ0) is 25.6. The van der Waals surface area contributed by atoms with E-state index in [0.717, 1.165) is 58.0 Å². The molecule has 1 saturated heterocycles. The van der Waals surface area contributed by atoms with Crippen LogP contribution in [0.4, 0.5) is 5.82 Å². The fourth-order valence-electron chi connectivity index (χ4n) is 4.81. The van der Waals surface area contributed by atoms with Crippen LogP contribution in [0.3, 0.4) is 0 Å². The Morgan fingerprint density at radius 1 is 1.05 bits per heavy atom. The highest BCUT2D eigenvalue weighted by Crippen LogP contribution is 2.30. The van der Waals surface area contributed by atoms with Crippen molar-refractivity contribution in [2.24, 2.45) is 0 Å². The van der Waals surface area contributed by atoms with E-state index in [1.807, 2.05) is 54.2 Å². The number of anilines is 1. The molecule has 0 radical (unpaired) electrons. The summed E-state index contributed by atoms with van der Waals surface area (Å²) in [6.07, 6.45) is 6.56. The lowest BCUT2D eigenvalue weighted by Gasteiger charge is -2.28. The Balaban J connectivity index is 1.37. The third kappa shape index (κ3) is 5.51. The predicted octanol–water partition coefficient (Wildman–Crippen LogP) is 5.30. The van der Waals surface area contributed by atoms with Gasteiger partial charge in [0.15, 0.2) is 10.8 Å². The highest BCUT2D eigenvalue weighted by atomic mass is 32.2. The van der Waals surface area contributed by atoms with Crippen LogP contribution in [0.5, 0.6) is 5.75 Å². The number of rotatable bonds is 10. The van der Waals surface area contributed by atoms with Crippen molar-refractivity contribution in [2.75, 3.05) is 36.9 Å². The Hall–Kier alpha value is -3.33. The molecule has 194 valence electrons. The lowest BCUT2D eigenvalue weighted by molar-refractivity contribution is 0.0950. The number of hydrogen-bond donors (Lipinski definition) is 1. The minimum absolute atomic E-state index is 0.153. The average molecular weight is 519 g/mol. The first-order valence-electron chi connectivity index (χ1n) is 13.2. The molecule has 0 bridgehead atoms. The van der Waals surface area contributed by atoms with E-state index in [1.54, 1.807) is 11.8 Å². The Bertz CT molecular complexity index is 1380. The molecule has 37 heavy (non-hydrogen) atoms. The fourth-order valence-corrected chi connectivity index (χ4v) is 5.50. The van der Waals surface area contributed by atoms with E-state index in [-0.39, 0.29) is 5.91 Å². The van der Waals surface area contributed by atoms with Gasteiger partial charge in [-0.2, -0.15) is 5.10 Å². The summed E-state index contributed by atoms with van der Waals surface area (Å²) >= 11 is 1.69. The van der Waals surface area contributed by atoms with E-state index in [2.05, 4.69) is 22.2 Å². The molecule has 3 heterocycles. The van der Waals surface area contributed by atoms with Crippen LogP contribution in [0.15, 0.2) is 47.8 Å². The smallest absolute Gasteiger partial charge is 0.255 e. The molecule has 1 N–H and O–H groups in total. The second-order valence-electron chi connectivity index (χ2n) is 9.18. The Morgan fingerprint density at radius 2 is 1.89 bits per heavy atom. The number of carbonyl (C=O) groups is 1. The second kappa shape index (κ2) is 11.8. The summed E-state index contributed by atoms with van der Waals surface area (Å²) in [7, 11) is 0. The van der Waals surface area contributed by atoms with Gasteiger partial charge in [0.2, 0.25) is 0 Å². The lowest BCUT2D eigenvalue weighted by Crippen LogP contribution is -2.30. The van der Waals surface area contributed by atoms with Crippen LogP contribution in [0.2, 0.25) is 0 Å². The predicted molar refractivity (Wildman–Crippen MR) is 150 cm³/mol. The maximum Gasteiger partial charge on any atom is 0.255 e. The molecule has 0 saturated carbocycles. The number of carbonyl (C=O) groups excluding carboxylic acids is 1. The van der Waals surface area contributed by atoms with Gasteiger partial charge in [-0.1, -0.05) is 49.0 Å². The lowest BCUT2D eigenvalue weighted by atomic mass is 10.0. The zero-order valence-corrected chi connectivity index (χ0v) is 22.4. The topological polar surface area (TPSA) is 85.2 Å². The quantitative estimate of drug-likeness (QED) is 0.225. The average Bonchev–Trinajstić information content (AvgIpc) is 3.34. The standard InChI is InChI=1S/C28H34N6O2S/c1-3-18-37-28-31-25(33-15-8-5-9-16-33)22-19-30-34(26(22)32-28)17-14-29-27(35)24-21-11-7-6-10-20(21)12-13-23(24)36-4-2/h6-7,10-13,19H,3-5,8-9,14-18H2,1-2H3,(H,29,35). The summed E-state index contributed by atoms with van der Waals surface area (Å²) in [5.74, 6) is 2.40. The first-order chi connectivity index (χ1) is 18.2. The van der Waals surface area contributed by atoms with Crippen LogP contribution in [0.1, 0.15) is 49.9 Å². The molecular weight excluding hydrogens is 484 g/mol. The number of amides is 1. The minimum atomic E-state index is -0.153. The molecule has 2 aromatic carbocycles. The number of fused-ring (bicyclic) bond motifs is 2. The van der Waals surface area contributed by atoms with Gasteiger partial charge in [0.05, 0.1) is 30.3 Å². The Morgan fingerprint density at radius 3 is 2.70 bits per heavy atom. The molecule has 0 aliphatic carbocycles. The van der Waals surface area contributed by atoms with Crippen molar-refractivity contribution in [3.8, 4) is 5.75 Å². The monoisotopic (exact) mass is 518 g/mol. The molecule has 5 rings (SSSR count). The largest absolute Gasteiger partial charge is 0.493 e. The van der Waals surface area contributed by atoms with Crippen molar-refractivity contribution in [1.29, 1.82) is 0 Å². The molecular formula is C28H34N6O2S. The molecule has 0 spiro atoms. The van der Waals surface area contributed by atoms with Crippen LogP contribution < -0.4 is 15.0 Å². The summed E-state index contributed by atoms with van der Waals surface area (Å²) in [5, 5.41) is 11.4. The Kier molecular flexibility index (Phi) is 8.08. The summed E-state index contributed by atoms with van der Waals surface area (Å²) < 4.78 is 7.67. The molecule has 8 nitrogen and oxygen atoms in total. The molecule has 9 heteroatoms. The maximum absolute atomic E-state index is 13.3. The third-order valence-electron chi connectivity index (χ3n) is 6.57. The first kappa shape index (κ1) is 25.3. The van der Waals surface area contributed by atoms with Gasteiger partial charge in [-0.15, -0.1) is 0 Å². The molecule has 1 aliphatic rings. The van der Waals surface area contributed by atoms with Gasteiger partial charge in [-0.05, 0) is 49.4 Å². The molecule has 1 aliphatic heterocycles. The van der Waals surface area contributed by atoms with E-state index in [9.17, 15) is 4.79 Å². The summed E-state index contributed by atoms with van der Waals surface area (Å²) in [6.45, 7) is 7.54. The summed E-state index contributed by atoms with van der Waals surface area (Å²) in [4.78, 5) is 25.5.